The fourth-order valence-electron chi connectivity index (χ4n) is 3.57. The van der Waals surface area contributed by atoms with Gasteiger partial charge in [-0.3, -0.25) is 9.69 Å². The maximum absolute atomic E-state index is 12.3. The number of aryl methyl sites for hydroxylation is 2. The van der Waals surface area contributed by atoms with E-state index < -0.39 is 0 Å². The summed E-state index contributed by atoms with van der Waals surface area (Å²) < 4.78 is 12.6. The zero-order valence-corrected chi connectivity index (χ0v) is 16.0. The highest BCUT2D eigenvalue weighted by Gasteiger charge is 2.11. The summed E-state index contributed by atoms with van der Waals surface area (Å²) in [5.74, 6) is 1.29. The van der Waals surface area contributed by atoms with Gasteiger partial charge in [-0.15, -0.1) is 0 Å². The van der Waals surface area contributed by atoms with Gasteiger partial charge in [0.25, 0.3) is 5.56 Å². The van der Waals surface area contributed by atoms with Crippen LogP contribution in [0.5, 0.6) is 5.75 Å². The van der Waals surface area contributed by atoms with Gasteiger partial charge in [0.15, 0.2) is 0 Å². The highest BCUT2D eigenvalue weighted by molar-refractivity contribution is 5.23. The molecule has 2 aromatic heterocycles. The molecular weight excluding hydrogens is 352 g/mol. The Kier molecular flexibility index (Phi) is 5.92. The summed E-state index contributed by atoms with van der Waals surface area (Å²) >= 11 is 0. The lowest BCUT2D eigenvalue weighted by Gasteiger charge is -2.14. The van der Waals surface area contributed by atoms with Crippen molar-refractivity contribution in [1.82, 2.24) is 9.47 Å². The number of hydrogen-bond acceptors (Lipinski definition) is 4. The van der Waals surface area contributed by atoms with Crippen molar-refractivity contribution in [2.24, 2.45) is 0 Å². The van der Waals surface area contributed by atoms with Crippen LogP contribution in [0.3, 0.4) is 0 Å². The van der Waals surface area contributed by atoms with Gasteiger partial charge in [0.05, 0.1) is 6.26 Å². The Labute approximate surface area is 165 Å². The second-order valence-corrected chi connectivity index (χ2v) is 7.31. The molecule has 0 N–H and O–H groups in total. The van der Waals surface area contributed by atoms with Crippen LogP contribution in [0.2, 0.25) is 0 Å². The molecule has 1 aromatic carbocycles. The molecule has 0 radical (unpaired) electrons. The Morgan fingerprint density at radius 1 is 1.00 bits per heavy atom. The molecule has 28 heavy (non-hydrogen) atoms. The summed E-state index contributed by atoms with van der Waals surface area (Å²) in [5.41, 5.74) is 2.55. The number of aromatic nitrogens is 1. The van der Waals surface area contributed by atoms with Gasteiger partial charge < -0.3 is 13.7 Å². The largest absolute Gasteiger partial charge is 0.485 e. The molecule has 0 amide bonds. The van der Waals surface area contributed by atoms with Crippen molar-refractivity contribution in [3.8, 4) is 5.75 Å². The average molecular weight is 378 g/mol. The van der Waals surface area contributed by atoms with Crippen LogP contribution < -0.4 is 10.3 Å². The van der Waals surface area contributed by atoms with E-state index in [4.69, 9.17) is 9.15 Å². The predicted octanol–water partition coefficient (Wildman–Crippen LogP) is 3.86. The average Bonchev–Trinajstić information content (AvgIpc) is 3.41. The molecule has 0 atom stereocenters. The van der Waals surface area contributed by atoms with E-state index in [1.165, 1.54) is 43.1 Å². The van der Waals surface area contributed by atoms with Crippen LogP contribution in [0.4, 0.5) is 0 Å². The molecule has 1 fully saturated rings. The number of hydrogen-bond donors (Lipinski definition) is 0. The molecule has 3 heterocycles. The number of furan rings is 1. The predicted molar refractivity (Wildman–Crippen MR) is 108 cm³/mol. The third-order valence-electron chi connectivity index (χ3n) is 5.20. The molecule has 1 aliphatic rings. The van der Waals surface area contributed by atoms with Gasteiger partial charge in [-0.1, -0.05) is 24.3 Å². The van der Waals surface area contributed by atoms with E-state index in [0.717, 1.165) is 18.7 Å². The molecule has 0 bridgehead atoms. The van der Waals surface area contributed by atoms with Gasteiger partial charge >= 0.3 is 0 Å². The second-order valence-electron chi connectivity index (χ2n) is 7.31. The lowest BCUT2D eigenvalue weighted by Crippen LogP contribution is -2.20. The zero-order chi connectivity index (χ0) is 19.2. The first-order chi connectivity index (χ1) is 13.8. The van der Waals surface area contributed by atoms with Crippen molar-refractivity contribution >= 4 is 0 Å². The molecule has 0 unspecified atom stereocenters. The van der Waals surface area contributed by atoms with Crippen LogP contribution in [0.25, 0.3) is 0 Å². The summed E-state index contributed by atoms with van der Waals surface area (Å²) in [7, 11) is 0. The van der Waals surface area contributed by atoms with Gasteiger partial charge in [0.2, 0.25) is 0 Å². The van der Waals surface area contributed by atoms with Gasteiger partial charge in [0.1, 0.15) is 18.1 Å². The minimum absolute atomic E-state index is 0.0531. The van der Waals surface area contributed by atoms with Crippen LogP contribution in [0, 0.1) is 0 Å². The first-order valence-corrected chi connectivity index (χ1v) is 9.92. The number of rotatable bonds is 8. The lowest BCUT2D eigenvalue weighted by atomic mass is 10.1. The minimum atomic E-state index is -0.0531. The van der Waals surface area contributed by atoms with Crippen LogP contribution in [0.1, 0.15) is 29.7 Å². The van der Waals surface area contributed by atoms with Gasteiger partial charge in [-0.25, -0.2) is 0 Å². The molecule has 3 aromatic rings. The van der Waals surface area contributed by atoms with E-state index in [0.29, 0.717) is 18.9 Å². The summed E-state index contributed by atoms with van der Waals surface area (Å²) in [6, 6.07) is 15.8. The highest BCUT2D eigenvalue weighted by Crippen LogP contribution is 2.14. The summed E-state index contributed by atoms with van der Waals surface area (Å²) in [6.45, 7) is 4.44. The van der Waals surface area contributed by atoms with Gasteiger partial charge in [-0.05, 0) is 61.7 Å². The van der Waals surface area contributed by atoms with Crippen molar-refractivity contribution in [2.45, 2.75) is 39.0 Å². The van der Waals surface area contributed by atoms with Crippen LogP contribution in [-0.2, 0) is 26.1 Å². The third-order valence-corrected chi connectivity index (χ3v) is 5.20. The molecule has 0 spiro atoms. The monoisotopic (exact) mass is 378 g/mol. The van der Waals surface area contributed by atoms with E-state index in [2.05, 4.69) is 29.2 Å². The van der Waals surface area contributed by atoms with Crippen molar-refractivity contribution in [2.75, 3.05) is 13.1 Å². The van der Waals surface area contributed by atoms with Crippen molar-refractivity contribution in [3.63, 3.8) is 0 Å². The summed E-state index contributed by atoms with van der Waals surface area (Å²) in [4.78, 5) is 14.8. The molecule has 5 nitrogen and oxygen atoms in total. The topological polar surface area (TPSA) is 47.6 Å². The van der Waals surface area contributed by atoms with Crippen molar-refractivity contribution in [1.29, 1.82) is 0 Å². The van der Waals surface area contributed by atoms with E-state index in [9.17, 15) is 4.79 Å². The molecule has 0 aliphatic carbocycles. The first kappa shape index (κ1) is 18.6. The number of benzene rings is 1. The van der Waals surface area contributed by atoms with Gasteiger partial charge in [0, 0.05) is 25.4 Å². The van der Waals surface area contributed by atoms with Crippen LogP contribution in [-0.4, -0.2) is 22.6 Å². The SMILES string of the molecule is O=c1cc(OCc2ccco2)ccn1CCc1ccc(CN2CCCC2)cc1. The van der Waals surface area contributed by atoms with Crippen molar-refractivity contribution in [3.05, 3.63) is 88.2 Å². The van der Waals surface area contributed by atoms with Crippen LogP contribution in [0.15, 0.2) is 70.2 Å². The number of nitrogens with zero attached hydrogens (tertiary/aromatic N) is 2. The maximum Gasteiger partial charge on any atom is 0.254 e. The van der Waals surface area contributed by atoms with Gasteiger partial charge in [-0.2, -0.15) is 0 Å². The lowest BCUT2D eigenvalue weighted by molar-refractivity contribution is 0.269. The molecular formula is C23H26N2O3. The fraction of sp³-hybridized carbons (Fsp3) is 0.348. The number of ether oxygens (including phenoxy) is 1. The smallest absolute Gasteiger partial charge is 0.254 e. The van der Waals surface area contributed by atoms with E-state index >= 15 is 0 Å². The third kappa shape index (κ3) is 4.93. The minimum Gasteiger partial charge on any atom is -0.485 e. The van der Waals surface area contributed by atoms with Crippen LogP contribution >= 0.6 is 0 Å². The molecule has 5 heteroatoms. The normalized spacial score (nSPS) is 14.4. The molecule has 4 rings (SSSR count). The quantitative estimate of drug-likeness (QED) is 0.597. The number of pyridine rings is 1. The Hall–Kier alpha value is -2.79. The maximum atomic E-state index is 12.3. The fourth-order valence-corrected chi connectivity index (χ4v) is 3.57. The molecule has 146 valence electrons. The molecule has 0 saturated carbocycles. The number of likely N-dealkylation sites (tertiary alicyclic amines) is 1. The Morgan fingerprint density at radius 2 is 1.79 bits per heavy atom. The Morgan fingerprint density at radius 3 is 2.50 bits per heavy atom. The summed E-state index contributed by atoms with van der Waals surface area (Å²) in [5, 5.41) is 0. The van der Waals surface area contributed by atoms with E-state index in [-0.39, 0.29) is 5.56 Å². The Bertz CT molecular complexity index is 923. The van der Waals surface area contributed by atoms with E-state index in [1.54, 1.807) is 17.0 Å². The van der Waals surface area contributed by atoms with E-state index in [1.807, 2.05) is 18.2 Å². The summed E-state index contributed by atoms with van der Waals surface area (Å²) in [6.07, 6.45) is 6.87. The zero-order valence-electron chi connectivity index (χ0n) is 16.0. The first-order valence-electron chi connectivity index (χ1n) is 9.92. The Balaban J connectivity index is 1.29. The molecule has 1 aliphatic heterocycles. The van der Waals surface area contributed by atoms with Crippen molar-refractivity contribution < 1.29 is 9.15 Å². The standard InChI is InChI=1S/C23H26N2O3/c26-23-16-21(28-18-22-4-3-15-27-22)10-14-25(23)13-9-19-5-7-20(8-6-19)17-24-11-1-2-12-24/h3-8,10,14-16H,1-2,9,11-13,17-18H2. The molecule has 1 saturated heterocycles. The second kappa shape index (κ2) is 8.93. The highest BCUT2D eigenvalue weighted by atomic mass is 16.5.